The molecule has 1 saturated heterocycles. The van der Waals surface area contributed by atoms with E-state index < -0.39 is 0 Å². The molecule has 0 radical (unpaired) electrons. The molecular formula is C18H26N2O2. The summed E-state index contributed by atoms with van der Waals surface area (Å²) in [4.78, 5) is 4.89. The summed E-state index contributed by atoms with van der Waals surface area (Å²) < 4.78 is 11.2. The highest BCUT2D eigenvalue weighted by Gasteiger charge is 2.39. The predicted molar refractivity (Wildman–Crippen MR) is 88.9 cm³/mol. The van der Waals surface area contributed by atoms with Crippen molar-refractivity contribution in [1.82, 2.24) is 9.80 Å². The summed E-state index contributed by atoms with van der Waals surface area (Å²) in [5, 5.41) is 0. The standard InChI is InChI=1S/C18H26N2O2/c1-19-9-10-20(2)16(12-19)17-14-8-6-5-7-13(14)11-15(17)18(21-3)22-4/h5-8,11,16-18H,9-10,12H2,1-4H3. The molecule has 2 aliphatic rings. The molecule has 4 heteroatoms. The van der Waals surface area contributed by atoms with E-state index in [0.29, 0.717) is 12.0 Å². The SMILES string of the molecule is COC(OC)C1=Cc2ccccc2C1C1CN(C)CCN1C. The van der Waals surface area contributed by atoms with Crippen molar-refractivity contribution in [2.24, 2.45) is 0 Å². The molecule has 0 spiro atoms. The molecule has 1 aliphatic heterocycles. The van der Waals surface area contributed by atoms with Crippen LogP contribution in [0.25, 0.3) is 6.08 Å². The first kappa shape index (κ1) is 15.7. The van der Waals surface area contributed by atoms with Crippen molar-refractivity contribution in [3.05, 3.63) is 41.0 Å². The van der Waals surface area contributed by atoms with E-state index in [-0.39, 0.29) is 6.29 Å². The van der Waals surface area contributed by atoms with Gasteiger partial charge in [0.05, 0.1) is 0 Å². The Morgan fingerprint density at radius 2 is 1.82 bits per heavy atom. The lowest BCUT2D eigenvalue weighted by molar-refractivity contribution is -0.0796. The third-order valence-corrected chi connectivity index (χ3v) is 5.00. The van der Waals surface area contributed by atoms with E-state index in [1.807, 2.05) is 0 Å². The van der Waals surface area contributed by atoms with Gasteiger partial charge in [-0.2, -0.15) is 0 Å². The number of rotatable bonds is 4. The fourth-order valence-electron chi connectivity index (χ4n) is 3.79. The molecule has 0 aromatic heterocycles. The molecule has 0 amide bonds. The molecular weight excluding hydrogens is 276 g/mol. The number of nitrogens with zero attached hydrogens (tertiary/aromatic N) is 2. The molecule has 3 rings (SSSR count). The molecule has 1 fully saturated rings. The van der Waals surface area contributed by atoms with Gasteiger partial charge in [0.25, 0.3) is 0 Å². The van der Waals surface area contributed by atoms with Crippen LogP contribution in [0, 0.1) is 0 Å². The normalized spacial score (nSPS) is 26.3. The van der Waals surface area contributed by atoms with Crippen molar-refractivity contribution < 1.29 is 9.47 Å². The van der Waals surface area contributed by atoms with E-state index >= 15 is 0 Å². The molecule has 1 aliphatic carbocycles. The number of likely N-dealkylation sites (N-methyl/N-ethyl adjacent to an activating group) is 2. The Morgan fingerprint density at radius 1 is 1.09 bits per heavy atom. The first-order chi connectivity index (χ1) is 10.7. The summed E-state index contributed by atoms with van der Waals surface area (Å²) >= 11 is 0. The monoisotopic (exact) mass is 302 g/mol. The second-order valence-corrected chi connectivity index (χ2v) is 6.36. The molecule has 1 heterocycles. The fraction of sp³-hybridized carbons (Fsp3) is 0.556. The van der Waals surface area contributed by atoms with Crippen molar-refractivity contribution >= 4 is 6.08 Å². The van der Waals surface area contributed by atoms with Crippen LogP contribution in [0.1, 0.15) is 17.0 Å². The van der Waals surface area contributed by atoms with Crippen molar-refractivity contribution in [3.63, 3.8) is 0 Å². The zero-order valence-electron chi connectivity index (χ0n) is 14.0. The maximum Gasteiger partial charge on any atom is 0.180 e. The highest BCUT2D eigenvalue weighted by atomic mass is 16.7. The van der Waals surface area contributed by atoms with Gasteiger partial charge in [0.15, 0.2) is 6.29 Å². The summed E-state index contributed by atoms with van der Waals surface area (Å²) in [7, 11) is 7.86. The lowest BCUT2D eigenvalue weighted by Crippen LogP contribution is -2.53. The fourth-order valence-corrected chi connectivity index (χ4v) is 3.79. The smallest absolute Gasteiger partial charge is 0.180 e. The number of fused-ring (bicyclic) bond motifs is 1. The lowest BCUT2D eigenvalue weighted by atomic mass is 9.86. The van der Waals surface area contributed by atoms with E-state index in [2.05, 4.69) is 54.2 Å². The molecule has 0 saturated carbocycles. The second kappa shape index (κ2) is 6.50. The van der Waals surface area contributed by atoms with E-state index in [0.717, 1.165) is 19.6 Å². The Balaban J connectivity index is 1.99. The molecule has 4 nitrogen and oxygen atoms in total. The zero-order valence-corrected chi connectivity index (χ0v) is 14.0. The van der Waals surface area contributed by atoms with Crippen LogP contribution in [-0.4, -0.2) is 70.1 Å². The molecule has 1 aromatic carbocycles. The number of hydrogen-bond donors (Lipinski definition) is 0. The van der Waals surface area contributed by atoms with Gasteiger partial charge in [-0.15, -0.1) is 0 Å². The van der Waals surface area contributed by atoms with Gasteiger partial charge < -0.3 is 14.4 Å². The third kappa shape index (κ3) is 2.72. The van der Waals surface area contributed by atoms with Crippen LogP contribution in [0.3, 0.4) is 0 Å². The summed E-state index contributed by atoms with van der Waals surface area (Å²) in [6.45, 7) is 3.28. The summed E-state index contributed by atoms with van der Waals surface area (Å²) in [6, 6.07) is 9.10. The van der Waals surface area contributed by atoms with E-state index in [9.17, 15) is 0 Å². The van der Waals surface area contributed by atoms with Crippen LogP contribution in [0.2, 0.25) is 0 Å². The molecule has 1 aromatic rings. The molecule has 120 valence electrons. The van der Waals surface area contributed by atoms with Gasteiger partial charge in [-0.25, -0.2) is 0 Å². The maximum absolute atomic E-state index is 5.58. The average Bonchev–Trinajstić information content (AvgIpc) is 2.90. The first-order valence-corrected chi connectivity index (χ1v) is 7.90. The van der Waals surface area contributed by atoms with Crippen LogP contribution in [0.15, 0.2) is 29.8 Å². The molecule has 0 bridgehead atoms. The van der Waals surface area contributed by atoms with Crippen LogP contribution < -0.4 is 0 Å². The van der Waals surface area contributed by atoms with Crippen molar-refractivity contribution in [2.45, 2.75) is 18.2 Å². The number of benzene rings is 1. The summed E-state index contributed by atoms with van der Waals surface area (Å²) in [5.41, 5.74) is 3.92. The van der Waals surface area contributed by atoms with Crippen molar-refractivity contribution in [1.29, 1.82) is 0 Å². The highest BCUT2D eigenvalue weighted by molar-refractivity contribution is 5.67. The van der Waals surface area contributed by atoms with Crippen molar-refractivity contribution in [3.8, 4) is 0 Å². The second-order valence-electron chi connectivity index (χ2n) is 6.36. The quantitative estimate of drug-likeness (QED) is 0.795. The minimum atomic E-state index is -0.280. The lowest BCUT2D eigenvalue weighted by Gasteiger charge is -2.42. The predicted octanol–water partition coefficient (Wildman–Crippen LogP) is 2.03. The molecule has 2 unspecified atom stereocenters. The minimum absolute atomic E-state index is 0.280. The Bertz CT molecular complexity index is 554. The highest BCUT2D eigenvalue weighted by Crippen LogP contribution is 2.42. The zero-order chi connectivity index (χ0) is 15.7. The number of piperazine rings is 1. The molecule has 22 heavy (non-hydrogen) atoms. The topological polar surface area (TPSA) is 24.9 Å². The van der Waals surface area contributed by atoms with Crippen molar-refractivity contribution in [2.75, 3.05) is 47.9 Å². The largest absolute Gasteiger partial charge is 0.352 e. The van der Waals surface area contributed by atoms with Crippen LogP contribution in [0.5, 0.6) is 0 Å². The van der Waals surface area contributed by atoms with Crippen LogP contribution >= 0.6 is 0 Å². The van der Waals surface area contributed by atoms with Gasteiger partial charge in [0.2, 0.25) is 0 Å². The summed E-state index contributed by atoms with van der Waals surface area (Å²) in [6.07, 6.45) is 1.97. The van der Waals surface area contributed by atoms with Gasteiger partial charge in [-0.05, 0) is 36.9 Å². The molecule has 0 N–H and O–H groups in total. The van der Waals surface area contributed by atoms with Crippen LogP contribution in [0.4, 0.5) is 0 Å². The Labute approximate surface area is 133 Å². The summed E-state index contributed by atoms with van der Waals surface area (Å²) in [5.74, 6) is 0.328. The number of hydrogen-bond acceptors (Lipinski definition) is 4. The van der Waals surface area contributed by atoms with Crippen LogP contribution in [-0.2, 0) is 9.47 Å². The Morgan fingerprint density at radius 3 is 2.55 bits per heavy atom. The first-order valence-electron chi connectivity index (χ1n) is 7.90. The van der Waals surface area contributed by atoms with Gasteiger partial charge in [-0.3, -0.25) is 4.90 Å². The van der Waals surface area contributed by atoms with Gasteiger partial charge in [-0.1, -0.05) is 24.3 Å². The third-order valence-electron chi connectivity index (χ3n) is 5.00. The Hall–Kier alpha value is -1.20. The Kier molecular flexibility index (Phi) is 4.64. The number of ether oxygens (including phenoxy) is 2. The van der Waals surface area contributed by atoms with Gasteiger partial charge in [0.1, 0.15) is 0 Å². The van der Waals surface area contributed by atoms with Gasteiger partial charge in [0, 0.05) is 45.8 Å². The minimum Gasteiger partial charge on any atom is -0.352 e. The molecule has 2 atom stereocenters. The van der Waals surface area contributed by atoms with E-state index in [1.54, 1.807) is 14.2 Å². The van der Waals surface area contributed by atoms with Gasteiger partial charge >= 0.3 is 0 Å². The van der Waals surface area contributed by atoms with E-state index in [4.69, 9.17) is 9.47 Å². The average molecular weight is 302 g/mol. The van der Waals surface area contributed by atoms with E-state index in [1.165, 1.54) is 16.7 Å². The number of methoxy groups -OCH3 is 2. The maximum atomic E-state index is 5.58.